The molecule has 0 atom stereocenters. The van der Waals surface area contributed by atoms with Crippen LogP contribution in [0.15, 0.2) is 17.5 Å². The molecule has 0 spiro atoms. The second kappa shape index (κ2) is 3.91. The molecule has 0 bridgehead atoms. The largest absolute Gasteiger partial charge is 0.398 e. The average Bonchev–Trinajstić information content (AvgIpc) is 2.63. The van der Waals surface area contributed by atoms with Crippen molar-refractivity contribution in [1.82, 2.24) is 0 Å². The van der Waals surface area contributed by atoms with E-state index in [-0.39, 0.29) is 0 Å². The Morgan fingerprint density at radius 1 is 1.36 bits per heavy atom. The van der Waals surface area contributed by atoms with Crippen LogP contribution in [0.3, 0.4) is 0 Å². The van der Waals surface area contributed by atoms with Crippen molar-refractivity contribution in [3.8, 4) is 0 Å². The van der Waals surface area contributed by atoms with E-state index < -0.39 is 0 Å². The quantitative estimate of drug-likeness (QED) is 0.649. The molecule has 1 heterocycles. The summed E-state index contributed by atoms with van der Waals surface area (Å²) in [6, 6.07) is 4.15. The Morgan fingerprint density at radius 3 is 2.79 bits per heavy atom. The minimum Gasteiger partial charge on any atom is -0.398 e. The predicted octanol–water partition coefficient (Wildman–Crippen LogP) is 3.94. The number of nitrogens with two attached hydrogens (primary N) is 1. The number of halogens is 1. The summed E-state index contributed by atoms with van der Waals surface area (Å²) in [5.74, 6) is 0. The summed E-state index contributed by atoms with van der Waals surface area (Å²) in [7, 11) is 0. The van der Waals surface area contributed by atoms with E-state index in [0.29, 0.717) is 0 Å². The van der Waals surface area contributed by atoms with Crippen molar-refractivity contribution in [3.05, 3.63) is 28.6 Å². The topological polar surface area (TPSA) is 26.0 Å². The molecule has 1 nitrogen and oxygen atoms in total. The van der Waals surface area contributed by atoms with Crippen LogP contribution in [-0.2, 0) is 11.8 Å². The molecule has 0 radical (unpaired) electrons. The van der Waals surface area contributed by atoms with E-state index >= 15 is 0 Å². The van der Waals surface area contributed by atoms with Gasteiger partial charge >= 0.3 is 0 Å². The average molecular weight is 270 g/mol. The van der Waals surface area contributed by atoms with E-state index in [0.717, 1.165) is 17.4 Å². The first kappa shape index (κ1) is 9.99. The Balaban J connectivity index is 2.80. The lowest BCUT2D eigenvalue weighted by atomic mass is 10.1. The van der Waals surface area contributed by atoms with Crippen LogP contribution >= 0.6 is 27.3 Å². The van der Waals surface area contributed by atoms with Gasteiger partial charge in [0, 0.05) is 21.1 Å². The lowest BCUT2D eigenvalue weighted by Crippen LogP contribution is -1.89. The number of anilines is 1. The maximum Gasteiger partial charge on any atom is 0.0405 e. The summed E-state index contributed by atoms with van der Waals surface area (Å²) >= 11 is 5.28. The number of thiophene rings is 1. The molecule has 0 aliphatic rings. The van der Waals surface area contributed by atoms with Gasteiger partial charge in [-0.1, -0.05) is 28.9 Å². The van der Waals surface area contributed by atoms with Crippen LogP contribution in [0.5, 0.6) is 0 Å². The number of benzene rings is 1. The zero-order valence-electron chi connectivity index (χ0n) is 8.01. The predicted molar refractivity (Wildman–Crippen MR) is 68.2 cm³/mol. The summed E-state index contributed by atoms with van der Waals surface area (Å²) in [6.07, 6.45) is 1.07. The molecule has 0 unspecified atom stereocenters. The van der Waals surface area contributed by atoms with Crippen LogP contribution in [0.25, 0.3) is 10.1 Å². The van der Waals surface area contributed by atoms with Crippen molar-refractivity contribution < 1.29 is 0 Å². The minimum atomic E-state index is 0.879. The standard InChI is InChI=1S/C11H12BrNS/c1-2-7-3-4-9(13)10-8(5-12)6-14-11(7)10/h3-4,6H,2,5,13H2,1H3. The highest BCUT2D eigenvalue weighted by molar-refractivity contribution is 9.08. The highest BCUT2D eigenvalue weighted by atomic mass is 79.9. The molecule has 0 fully saturated rings. The van der Waals surface area contributed by atoms with Crippen molar-refractivity contribution in [2.24, 2.45) is 0 Å². The molecule has 0 aliphatic heterocycles. The summed E-state index contributed by atoms with van der Waals surface area (Å²) in [6.45, 7) is 2.18. The lowest BCUT2D eigenvalue weighted by Gasteiger charge is -2.03. The van der Waals surface area contributed by atoms with Gasteiger partial charge in [0.2, 0.25) is 0 Å². The fourth-order valence-corrected chi connectivity index (χ4v) is 3.52. The number of hydrogen-bond donors (Lipinski definition) is 1. The molecular formula is C11H12BrNS. The minimum absolute atomic E-state index is 0.879. The SMILES string of the molecule is CCc1ccc(N)c2c(CBr)csc12. The van der Waals surface area contributed by atoms with Crippen LogP contribution in [0.4, 0.5) is 5.69 Å². The maximum atomic E-state index is 5.99. The highest BCUT2D eigenvalue weighted by Gasteiger charge is 2.09. The molecule has 14 heavy (non-hydrogen) atoms. The van der Waals surface area contributed by atoms with Crippen LogP contribution < -0.4 is 5.73 Å². The Hall–Kier alpha value is -0.540. The number of alkyl halides is 1. The van der Waals surface area contributed by atoms with Crippen molar-refractivity contribution in [3.63, 3.8) is 0 Å². The number of fused-ring (bicyclic) bond motifs is 1. The molecule has 0 amide bonds. The lowest BCUT2D eigenvalue weighted by molar-refractivity contribution is 1.16. The first-order valence-electron chi connectivity index (χ1n) is 4.61. The van der Waals surface area contributed by atoms with Crippen molar-refractivity contribution in [1.29, 1.82) is 0 Å². The number of hydrogen-bond acceptors (Lipinski definition) is 2. The van der Waals surface area contributed by atoms with E-state index in [1.165, 1.54) is 21.2 Å². The van der Waals surface area contributed by atoms with E-state index in [2.05, 4.69) is 34.3 Å². The molecule has 1 aromatic heterocycles. The first-order valence-corrected chi connectivity index (χ1v) is 6.61. The number of rotatable bonds is 2. The molecule has 0 saturated heterocycles. The molecule has 0 aliphatic carbocycles. The normalized spacial score (nSPS) is 11.0. The monoisotopic (exact) mass is 269 g/mol. The van der Waals surface area contributed by atoms with Gasteiger partial charge in [0.1, 0.15) is 0 Å². The van der Waals surface area contributed by atoms with E-state index in [1.807, 2.05) is 6.07 Å². The molecule has 0 saturated carbocycles. The van der Waals surface area contributed by atoms with Gasteiger partial charge in [0.15, 0.2) is 0 Å². The third-order valence-electron chi connectivity index (χ3n) is 2.44. The van der Waals surface area contributed by atoms with Gasteiger partial charge in [-0.3, -0.25) is 0 Å². The highest BCUT2D eigenvalue weighted by Crippen LogP contribution is 2.34. The van der Waals surface area contributed by atoms with E-state index in [4.69, 9.17) is 5.73 Å². The van der Waals surface area contributed by atoms with Gasteiger partial charge in [-0.15, -0.1) is 11.3 Å². The van der Waals surface area contributed by atoms with Crippen LogP contribution in [0.1, 0.15) is 18.1 Å². The van der Waals surface area contributed by atoms with Crippen LogP contribution in [0, 0.1) is 0 Å². The summed E-state index contributed by atoms with van der Waals surface area (Å²) in [4.78, 5) is 0. The van der Waals surface area contributed by atoms with Crippen molar-refractivity contribution >= 4 is 43.0 Å². The van der Waals surface area contributed by atoms with E-state index in [9.17, 15) is 0 Å². The van der Waals surface area contributed by atoms with Gasteiger partial charge in [0.25, 0.3) is 0 Å². The Labute approximate surface area is 96.1 Å². The third kappa shape index (κ3) is 1.44. The summed E-state index contributed by atoms with van der Waals surface area (Å²) in [5.41, 5.74) is 9.58. The second-order valence-electron chi connectivity index (χ2n) is 3.27. The van der Waals surface area contributed by atoms with E-state index in [1.54, 1.807) is 11.3 Å². The number of aryl methyl sites for hydroxylation is 1. The Morgan fingerprint density at radius 2 is 2.14 bits per heavy atom. The fraction of sp³-hybridized carbons (Fsp3) is 0.273. The Kier molecular flexibility index (Phi) is 2.79. The molecule has 3 heteroatoms. The number of nitrogen functional groups attached to an aromatic ring is 1. The molecule has 2 rings (SSSR count). The van der Waals surface area contributed by atoms with Crippen molar-refractivity contribution in [2.75, 3.05) is 5.73 Å². The maximum absolute atomic E-state index is 5.99. The molecular weight excluding hydrogens is 258 g/mol. The van der Waals surface area contributed by atoms with Gasteiger partial charge in [-0.25, -0.2) is 0 Å². The van der Waals surface area contributed by atoms with Crippen LogP contribution in [0.2, 0.25) is 0 Å². The fourth-order valence-electron chi connectivity index (χ4n) is 1.67. The molecule has 2 aromatic rings. The Bertz CT molecular complexity index is 462. The summed E-state index contributed by atoms with van der Waals surface area (Å²) < 4.78 is 1.35. The summed E-state index contributed by atoms with van der Waals surface area (Å²) in [5, 5.41) is 4.31. The zero-order valence-corrected chi connectivity index (χ0v) is 10.4. The third-order valence-corrected chi connectivity index (χ3v) is 4.14. The second-order valence-corrected chi connectivity index (χ2v) is 4.71. The zero-order chi connectivity index (χ0) is 10.1. The molecule has 74 valence electrons. The smallest absolute Gasteiger partial charge is 0.0405 e. The first-order chi connectivity index (χ1) is 6.77. The van der Waals surface area contributed by atoms with Crippen molar-refractivity contribution in [2.45, 2.75) is 18.7 Å². The molecule has 1 aromatic carbocycles. The molecule has 2 N–H and O–H groups in total. The van der Waals surface area contributed by atoms with Gasteiger partial charge < -0.3 is 5.73 Å². The van der Waals surface area contributed by atoms with Gasteiger partial charge in [0.05, 0.1) is 0 Å². The van der Waals surface area contributed by atoms with Crippen LogP contribution in [-0.4, -0.2) is 0 Å². The van der Waals surface area contributed by atoms with Gasteiger partial charge in [-0.2, -0.15) is 0 Å². The van der Waals surface area contributed by atoms with Gasteiger partial charge in [-0.05, 0) is 29.0 Å².